The average molecular weight is 555 g/mol. The van der Waals surface area contributed by atoms with Gasteiger partial charge < -0.3 is 15.0 Å². The largest absolute Gasteiger partial charge is 0.455 e. The van der Waals surface area contributed by atoms with Gasteiger partial charge in [-0.3, -0.25) is 4.72 Å². The van der Waals surface area contributed by atoms with Gasteiger partial charge in [-0.1, -0.05) is 11.6 Å². The van der Waals surface area contributed by atoms with Gasteiger partial charge in [-0.15, -0.1) is 0 Å². The maximum Gasteiger partial charge on any atom is 0.263 e. The van der Waals surface area contributed by atoms with Gasteiger partial charge in [-0.05, 0) is 36.4 Å². The second kappa shape index (κ2) is 10.7. The lowest BCUT2D eigenvalue weighted by atomic mass is 10.1. The molecule has 2 N–H and O–H groups in total. The summed E-state index contributed by atoms with van der Waals surface area (Å²) in [6.07, 6.45) is 2.73. The summed E-state index contributed by atoms with van der Waals surface area (Å²) in [6, 6.07) is 12.9. The topological polar surface area (TPSA) is 146 Å². The van der Waals surface area contributed by atoms with Crippen molar-refractivity contribution in [1.82, 2.24) is 24.6 Å². The molecule has 3 heterocycles. The van der Waals surface area contributed by atoms with Gasteiger partial charge in [0.25, 0.3) is 10.0 Å². The average Bonchev–Trinajstić information content (AvgIpc) is 3.42. The number of sulfonamides is 1. The van der Waals surface area contributed by atoms with Crippen LogP contribution < -0.4 is 19.7 Å². The van der Waals surface area contributed by atoms with Crippen molar-refractivity contribution in [3.05, 3.63) is 65.7 Å². The highest BCUT2D eigenvalue weighted by Crippen LogP contribution is 2.37. The summed E-state index contributed by atoms with van der Waals surface area (Å²) in [4.78, 5) is 14.7. The fourth-order valence-corrected chi connectivity index (χ4v) is 5.57. The van der Waals surface area contributed by atoms with E-state index in [9.17, 15) is 13.7 Å². The number of hydrogen-bond acceptors (Lipinski definition) is 11. The molecule has 11 nitrogen and oxygen atoms in total. The van der Waals surface area contributed by atoms with Gasteiger partial charge in [0, 0.05) is 54.4 Å². The zero-order valence-corrected chi connectivity index (χ0v) is 21.5. The monoisotopic (exact) mass is 554 g/mol. The molecule has 1 fully saturated rings. The Hall–Kier alpha value is -3.83. The summed E-state index contributed by atoms with van der Waals surface area (Å²) in [6.45, 7) is 3.38. The van der Waals surface area contributed by atoms with Crippen LogP contribution in [0.1, 0.15) is 5.56 Å². The minimum Gasteiger partial charge on any atom is -0.455 e. The van der Waals surface area contributed by atoms with E-state index in [0.717, 1.165) is 43.5 Å². The first-order chi connectivity index (χ1) is 17.9. The first kappa shape index (κ1) is 24.8. The number of halogens is 1. The molecule has 14 heteroatoms. The molecule has 0 saturated carbocycles. The Morgan fingerprint density at radius 1 is 1.05 bits per heavy atom. The highest BCUT2D eigenvalue weighted by molar-refractivity contribution is 7.93. The normalized spacial score (nSPS) is 13.7. The zero-order chi connectivity index (χ0) is 25.8. The molecule has 1 saturated heterocycles. The van der Waals surface area contributed by atoms with Crippen molar-refractivity contribution in [1.29, 1.82) is 5.26 Å². The molecule has 37 heavy (non-hydrogen) atoms. The number of rotatable bonds is 7. The van der Waals surface area contributed by atoms with E-state index in [1.165, 1.54) is 30.9 Å². The molecule has 0 radical (unpaired) electrons. The molecule has 0 unspecified atom stereocenters. The van der Waals surface area contributed by atoms with Gasteiger partial charge >= 0.3 is 0 Å². The molecule has 0 amide bonds. The lowest BCUT2D eigenvalue weighted by Crippen LogP contribution is -2.43. The first-order valence-corrected chi connectivity index (χ1v) is 13.7. The van der Waals surface area contributed by atoms with Gasteiger partial charge in [0.05, 0.1) is 16.2 Å². The van der Waals surface area contributed by atoms with Crippen molar-refractivity contribution in [2.24, 2.45) is 0 Å². The Bertz CT molecular complexity index is 1570. The van der Waals surface area contributed by atoms with E-state index in [1.54, 1.807) is 18.2 Å². The van der Waals surface area contributed by atoms with Crippen LogP contribution in [0.25, 0.3) is 11.3 Å². The van der Waals surface area contributed by atoms with Crippen LogP contribution in [0.2, 0.25) is 5.02 Å². The van der Waals surface area contributed by atoms with Gasteiger partial charge in [0.1, 0.15) is 36.0 Å². The second-order valence-corrected chi connectivity index (χ2v) is 10.8. The highest BCUT2D eigenvalue weighted by Gasteiger charge is 2.20. The van der Waals surface area contributed by atoms with E-state index in [4.69, 9.17) is 16.3 Å². The minimum atomic E-state index is -3.97. The predicted octanol–water partition coefficient (Wildman–Crippen LogP) is 3.52. The number of nitrogens with zero attached hydrogens (tertiary/aromatic N) is 6. The lowest BCUT2D eigenvalue weighted by molar-refractivity contribution is 0.482. The highest BCUT2D eigenvalue weighted by atomic mass is 35.5. The molecule has 2 aromatic heterocycles. The molecular weight excluding hydrogens is 536 g/mol. The van der Waals surface area contributed by atoms with Crippen molar-refractivity contribution in [3.63, 3.8) is 0 Å². The number of nitrogens with one attached hydrogen (secondary N) is 2. The van der Waals surface area contributed by atoms with Gasteiger partial charge in [0.2, 0.25) is 5.13 Å². The SMILES string of the molecule is N#Cc1cc(S(=O)(=O)Nc2ncns2)ccc1Oc1ccc(Cl)cc1-c1cc(N2CCNCC2)ncn1. The Kier molecular flexibility index (Phi) is 7.15. The molecular formula is C23H19ClN8O3S2. The molecule has 4 aromatic rings. The van der Waals surface area contributed by atoms with Crippen molar-refractivity contribution < 1.29 is 13.2 Å². The van der Waals surface area contributed by atoms with Crippen LogP contribution >= 0.6 is 23.1 Å². The maximum atomic E-state index is 12.7. The third-order valence-corrected chi connectivity index (χ3v) is 7.78. The van der Waals surface area contributed by atoms with Crippen molar-refractivity contribution in [2.45, 2.75) is 4.90 Å². The third kappa shape index (κ3) is 5.62. The lowest BCUT2D eigenvalue weighted by Gasteiger charge is -2.28. The fraction of sp³-hybridized carbons (Fsp3) is 0.174. The molecule has 2 aromatic carbocycles. The number of hydrogen-bond donors (Lipinski definition) is 2. The molecule has 0 bridgehead atoms. The van der Waals surface area contributed by atoms with Crippen molar-refractivity contribution in [3.8, 4) is 28.8 Å². The van der Waals surface area contributed by atoms with Gasteiger partial charge in [-0.2, -0.15) is 9.64 Å². The van der Waals surface area contributed by atoms with E-state index in [2.05, 4.69) is 34.3 Å². The Labute approximate surface area is 222 Å². The molecule has 1 aliphatic heterocycles. The number of benzene rings is 2. The predicted molar refractivity (Wildman–Crippen MR) is 140 cm³/mol. The zero-order valence-electron chi connectivity index (χ0n) is 19.1. The Morgan fingerprint density at radius 3 is 2.62 bits per heavy atom. The van der Waals surface area contributed by atoms with Crippen molar-refractivity contribution in [2.75, 3.05) is 35.8 Å². The van der Waals surface area contributed by atoms with Crippen LogP contribution in [0.15, 0.2) is 60.0 Å². The number of ether oxygens (including phenoxy) is 1. The fourth-order valence-electron chi connectivity index (χ4n) is 3.72. The van der Waals surface area contributed by atoms with E-state index in [-0.39, 0.29) is 21.3 Å². The first-order valence-electron chi connectivity index (χ1n) is 11.0. The van der Waals surface area contributed by atoms with Crippen LogP contribution in [-0.2, 0) is 10.0 Å². The summed E-state index contributed by atoms with van der Waals surface area (Å²) < 4.78 is 37.6. The number of anilines is 2. The van der Waals surface area contributed by atoms with E-state index >= 15 is 0 Å². The maximum absolute atomic E-state index is 12.7. The van der Waals surface area contributed by atoms with Crippen LogP contribution in [0.4, 0.5) is 10.9 Å². The Morgan fingerprint density at radius 2 is 1.86 bits per heavy atom. The molecule has 0 aliphatic carbocycles. The quantitative estimate of drug-likeness (QED) is 0.348. The molecule has 5 rings (SSSR count). The van der Waals surface area contributed by atoms with Crippen LogP contribution in [0, 0.1) is 11.3 Å². The summed E-state index contributed by atoms with van der Waals surface area (Å²) in [5, 5.41) is 13.7. The van der Waals surface area contributed by atoms with E-state index in [0.29, 0.717) is 22.0 Å². The summed E-state index contributed by atoms with van der Waals surface area (Å²) >= 11 is 7.20. The third-order valence-electron chi connectivity index (χ3n) is 5.50. The standard InChI is InChI=1S/C23H19ClN8O3S2/c24-16-1-3-21(18(10-16)19-11-22(28-13-27-19)32-7-5-26-6-8-32)35-20-4-2-17(9-15(20)12-25)37(33,34)31-23-29-14-30-36-23/h1-4,9-11,13-14,26H,5-8H2,(H,29,30,31). The summed E-state index contributed by atoms with van der Waals surface area (Å²) in [5.74, 6) is 1.36. The minimum absolute atomic E-state index is 0.0326. The van der Waals surface area contributed by atoms with Crippen molar-refractivity contribution >= 4 is 44.1 Å². The van der Waals surface area contributed by atoms with Crippen LogP contribution in [0.5, 0.6) is 11.5 Å². The smallest absolute Gasteiger partial charge is 0.263 e. The van der Waals surface area contributed by atoms with Crippen LogP contribution in [0.3, 0.4) is 0 Å². The van der Waals surface area contributed by atoms with Gasteiger partial charge in [-0.25, -0.2) is 23.4 Å². The molecule has 1 aliphatic rings. The van der Waals surface area contributed by atoms with Gasteiger partial charge in [0.15, 0.2) is 0 Å². The van der Waals surface area contributed by atoms with E-state index in [1.807, 2.05) is 12.1 Å². The number of piperazine rings is 1. The van der Waals surface area contributed by atoms with Crippen LogP contribution in [-0.4, -0.2) is 53.9 Å². The van der Waals surface area contributed by atoms with E-state index < -0.39 is 10.0 Å². The molecule has 0 spiro atoms. The molecule has 188 valence electrons. The number of nitriles is 1. The Balaban J connectivity index is 1.46. The second-order valence-electron chi connectivity index (χ2n) is 7.86. The summed E-state index contributed by atoms with van der Waals surface area (Å²) in [5.41, 5.74) is 1.23. The summed E-state index contributed by atoms with van der Waals surface area (Å²) in [7, 11) is -3.97. The number of aromatic nitrogens is 4. The molecule has 0 atom stereocenters.